The molecule has 0 aliphatic carbocycles. The minimum absolute atomic E-state index is 0.111. The minimum atomic E-state index is -3.99. The van der Waals surface area contributed by atoms with Gasteiger partial charge in [-0.25, -0.2) is 8.42 Å². The number of hydrogen-bond donors (Lipinski definition) is 3. The summed E-state index contributed by atoms with van der Waals surface area (Å²) in [6.45, 7) is 4.29. The molecule has 0 fully saturated rings. The van der Waals surface area contributed by atoms with Crippen LogP contribution in [0.3, 0.4) is 0 Å². The van der Waals surface area contributed by atoms with Crippen molar-refractivity contribution in [3.8, 4) is 0 Å². The van der Waals surface area contributed by atoms with E-state index >= 15 is 0 Å². The number of aryl methyl sites for hydroxylation is 2. The summed E-state index contributed by atoms with van der Waals surface area (Å²) in [4.78, 5) is 23.7. The average molecular weight is 366 g/mol. The minimum Gasteiger partial charge on any atom is -0.360 e. The second-order valence-electron chi connectivity index (χ2n) is 5.31. The van der Waals surface area contributed by atoms with E-state index < -0.39 is 27.9 Å². The third kappa shape index (κ3) is 4.43. The van der Waals surface area contributed by atoms with Gasteiger partial charge in [-0.05, 0) is 32.9 Å². The summed E-state index contributed by atoms with van der Waals surface area (Å²) in [5.41, 5.74) is 4.94. The number of sulfonamides is 1. The summed E-state index contributed by atoms with van der Waals surface area (Å²) in [6.07, 6.45) is 0. The van der Waals surface area contributed by atoms with E-state index in [1.165, 1.54) is 20.8 Å². The van der Waals surface area contributed by atoms with Crippen molar-refractivity contribution in [2.24, 2.45) is 0 Å². The molecule has 0 bridgehead atoms. The molecule has 0 spiro atoms. The number of benzene rings is 1. The van der Waals surface area contributed by atoms with Crippen LogP contribution in [0, 0.1) is 13.8 Å². The Balaban J connectivity index is 1.97. The molecule has 0 aliphatic heterocycles. The predicted molar refractivity (Wildman–Crippen MR) is 87.8 cm³/mol. The van der Waals surface area contributed by atoms with Crippen molar-refractivity contribution >= 4 is 21.8 Å². The zero-order chi connectivity index (χ0) is 18.6. The fourth-order valence-electron chi connectivity index (χ4n) is 2.09. The maximum absolute atomic E-state index is 12.3. The quantitative estimate of drug-likeness (QED) is 0.658. The van der Waals surface area contributed by atoms with Gasteiger partial charge in [-0.3, -0.25) is 20.4 Å². The monoisotopic (exact) mass is 366 g/mol. The van der Waals surface area contributed by atoms with Crippen LogP contribution in [-0.4, -0.2) is 31.4 Å². The molecule has 2 aromatic rings. The van der Waals surface area contributed by atoms with E-state index in [0.717, 1.165) is 0 Å². The Labute approximate surface area is 144 Å². The van der Waals surface area contributed by atoms with Crippen molar-refractivity contribution in [1.82, 2.24) is 20.7 Å². The highest BCUT2D eigenvalue weighted by molar-refractivity contribution is 7.89. The number of rotatable bonds is 5. The lowest BCUT2D eigenvalue weighted by Gasteiger charge is -2.14. The Morgan fingerprint density at radius 3 is 2.32 bits per heavy atom. The number of aromatic nitrogens is 1. The summed E-state index contributed by atoms with van der Waals surface area (Å²) < 4.78 is 31.7. The molecule has 0 aliphatic rings. The van der Waals surface area contributed by atoms with Crippen molar-refractivity contribution in [3.05, 3.63) is 47.3 Å². The molecule has 10 heteroatoms. The summed E-state index contributed by atoms with van der Waals surface area (Å²) in [6, 6.07) is 7.13. The van der Waals surface area contributed by atoms with Gasteiger partial charge < -0.3 is 4.52 Å². The number of hydrazine groups is 1. The first-order chi connectivity index (χ1) is 11.7. The van der Waals surface area contributed by atoms with Crippen LogP contribution in [0.5, 0.6) is 0 Å². The zero-order valence-corrected chi connectivity index (χ0v) is 14.7. The second-order valence-corrected chi connectivity index (χ2v) is 6.96. The van der Waals surface area contributed by atoms with Gasteiger partial charge in [-0.15, -0.1) is 0 Å². The molecule has 1 heterocycles. The van der Waals surface area contributed by atoms with Crippen molar-refractivity contribution in [2.75, 3.05) is 0 Å². The first kappa shape index (κ1) is 18.6. The number of carbonyl (C=O) groups is 2. The van der Waals surface area contributed by atoms with E-state index in [-0.39, 0.29) is 16.3 Å². The molecule has 3 N–H and O–H groups in total. The predicted octanol–water partition coefficient (Wildman–Crippen LogP) is 0.419. The molecule has 1 atom stereocenters. The van der Waals surface area contributed by atoms with Gasteiger partial charge in [0.25, 0.3) is 11.8 Å². The molecule has 2 amide bonds. The number of amides is 2. The van der Waals surface area contributed by atoms with Crippen molar-refractivity contribution < 1.29 is 22.5 Å². The Hall–Kier alpha value is -2.72. The molecule has 1 aromatic carbocycles. The highest BCUT2D eigenvalue weighted by atomic mass is 32.2. The fraction of sp³-hybridized carbons (Fsp3) is 0.267. The maximum Gasteiger partial charge on any atom is 0.269 e. The largest absolute Gasteiger partial charge is 0.360 e. The van der Waals surface area contributed by atoms with E-state index in [1.807, 2.05) is 0 Å². The van der Waals surface area contributed by atoms with Crippen LogP contribution < -0.4 is 15.6 Å². The molecule has 25 heavy (non-hydrogen) atoms. The van der Waals surface area contributed by atoms with Gasteiger partial charge in [0.05, 0.1) is 6.04 Å². The molecular formula is C15H18N4O5S. The van der Waals surface area contributed by atoms with Crippen LogP contribution in [-0.2, 0) is 14.8 Å². The summed E-state index contributed by atoms with van der Waals surface area (Å²) >= 11 is 0. The van der Waals surface area contributed by atoms with Crippen LogP contribution in [0.2, 0.25) is 0 Å². The van der Waals surface area contributed by atoms with Gasteiger partial charge in [-0.2, -0.15) is 4.72 Å². The molecule has 0 radical (unpaired) electrons. The van der Waals surface area contributed by atoms with Gasteiger partial charge in [0.2, 0.25) is 10.0 Å². The summed E-state index contributed by atoms with van der Waals surface area (Å²) in [5.74, 6) is -1.12. The van der Waals surface area contributed by atoms with Gasteiger partial charge in [0.1, 0.15) is 10.6 Å². The molecule has 1 aromatic heterocycles. The molecular weight excluding hydrogens is 348 g/mol. The smallest absolute Gasteiger partial charge is 0.269 e. The lowest BCUT2D eigenvalue weighted by atomic mass is 10.2. The van der Waals surface area contributed by atoms with Gasteiger partial charge in [0, 0.05) is 5.56 Å². The first-order valence-electron chi connectivity index (χ1n) is 7.33. The second kappa shape index (κ2) is 7.45. The van der Waals surface area contributed by atoms with Crippen molar-refractivity contribution in [3.63, 3.8) is 0 Å². The van der Waals surface area contributed by atoms with Crippen LogP contribution in [0.25, 0.3) is 0 Å². The Bertz CT molecular complexity index is 857. The normalized spacial score (nSPS) is 12.4. The number of carbonyl (C=O) groups excluding carboxylic acids is 2. The lowest BCUT2D eigenvalue weighted by Crippen LogP contribution is -2.51. The number of hydrogen-bond acceptors (Lipinski definition) is 6. The van der Waals surface area contributed by atoms with E-state index in [2.05, 4.69) is 20.7 Å². The van der Waals surface area contributed by atoms with Crippen LogP contribution in [0.1, 0.15) is 28.7 Å². The zero-order valence-electron chi connectivity index (χ0n) is 13.9. The molecule has 9 nitrogen and oxygen atoms in total. The Kier molecular flexibility index (Phi) is 5.55. The van der Waals surface area contributed by atoms with Crippen molar-refractivity contribution in [1.29, 1.82) is 0 Å². The molecule has 2 rings (SSSR count). The number of nitrogens with zero attached hydrogens (tertiary/aromatic N) is 1. The third-order valence-electron chi connectivity index (χ3n) is 3.30. The average Bonchev–Trinajstić information content (AvgIpc) is 2.92. The van der Waals surface area contributed by atoms with E-state index in [9.17, 15) is 18.0 Å². The van der Waals surface area contributed by atoms with E-state index in [1.54, 1.807) is 30.3 Å². The lowest BCUT2D eigenvalue weighted by molar-refractivity contribution is -0.123. The van der Waals surface area contributed by atoms with Gasteiger partial charge in [0.15, 0.2) is 5.76 Å². The molecule has 134 valence electrons. The first-order valence-corrected chi connectivity index (χ1v) is 8.81. The highest BCUT2D eigenvalue weighted by Crippen LogP contribution is 2.18. The highest BCUT2D eigenvalue weighted by Gasteiger charge is 2.28. The standard InChI is InChI=1S/C15H18N4O5S/c1-9-13(11(3)24-18-9)25(22,23)19-10(2)14(20)16-17-15(21)12-7-5-4-6-8-12/h4-8,10,19H,1-3H3,(H,16,20)(H,17,21)/t10-/m0/s1. The SMILES string of the molecule is Cc1noc(C)c1S(=O)(=O)N[C@@H](C)C(=O)NNC(=O)c1ccccc1. The van der Waals surface area contributed by atoms with Crippen LogP contribution in [0.4, 0.5) is 0 Å². The molecule has 0 unspecified atom stereocenters. The van der Waals surface area contributed by atoms with Gasteiger partial charge in [-0.1, -0.05) is 23.4 Å². The topological polar surface area (TPSA) is 130 Å². The molecule has 0 saturated carbocycles. The third-order valence-corrected chi connectivity index (χ3v) is 5.08. The summed E-state index contributed by atoms with van der Waals surface area (Å²) in [7, 11) is -3.99. The molecule has 0 saturated heterocycles. The maximum atomic E-state index is 12.3. The van der Waals surface area contributed by atoms with Crippen LogP contribution >= 0.6 is 0 Å². The van der Waals surface area contributed by atoms with E-state index in [0.29, 0.717) is 5.56 Å². The fourth-order valence-corrected chi connectivity index (χ4v) is 3.62. The van der Waals surface area contributed by atoms with Crippen LogP contribution in [0.15, 0.2) is 39.8 Å². The number of nitrogens with one attached hydrogen (secondary N) is 3. The van der Waals surface area contributed by atoms with Crippen molar-refractivity contribution in [2.45, 2.75) is 31.7 Å². The summed E-state index contributed by atoms with van der Waals surface area (Å²) in [5, 5.41) is 3.58. The van der Waals surface area contributed by atoms with E-state index in [4.69, 9.17) is 4.52 Å². The Morgan fingerprint density at radius 1 is 1.12 bits per heavy atom. The van der Waals surface area contributed by atoms with Gasteiger partial charge >= 0.3 is 0 Å². The Morgan fingerprint density at radius 2 is 1.76 bits per heavy atom.